The molecule has 14 heavy (non-hydrogen) atoms. The van der Waals surface area contributed by atoms with E-state index in [9.17, 15) is 5.11 Å². The molecule has 0 aliphatic heterocycles. The number of hydrogen-bond acceptors (Lipinski definition) is 2. The number of halogens is 1. The molecule has 1 aromatic carbocycles. The lowest BCUT2D eigenvalue weighted by atomic mass is 9.96. The van der Waals surface area contributed by atoms with Crippen molar-refractivity contribution in [1.82, 2.24) is 0 Å². The largest absolute Gasteiger partial charge is 0.507 e. The van der Waals surface area contributed by atoms with Crippen LogP contribution in [-0.4, -0.2) is 5.11 Å². The molecule has 0 atom stereocenters. The van der Waals surface area contributed by atoms with Gasteiger partial charge in [0.2, 0.25) is 0 Å². The molecule has 0 saturated carbocycles. The third kappa shape index (κ3) is 1.86. The molecule has 0 aromatic heterocycles. The van der Waals surface area contributed by atoms with E-state index in [0.717, 1.165) is 16.7 Å². The van der Waals surface area contributed by atoms with Crippen molar-refractivity contribution in [2.45, 2.75) is 33.2 Å². The van der Waals surface area contributed by atoms with Gasteiger partial charge in [-0.05, 0) is 30.0 Å². The zero-order valence-corrected chi connectivity index (χ0v) is 9.52. The van der Waals surface area contributed by atoms with E-state index in [2.05, 4.69) is 0 Å². The fourth-order valence-electron chi connectivity index (χ4n) is 1.50. The third-order valence-corrected chi connectivity index (χ3v) is 2.87. The summed E-state index contributed by atoms with van der Waals surface area (Å²) in [7, 11) is 0. The van der Waals surface area contributed by atoms with Crippen molar-refractivity contribution in [3.8, 4) is 5.75 Å². The first-order valence-electron chi connectivity index (χ1n) is 4.70. The van der Waals surface area contributed by atoms with Gasteiger partial charge < -0.3 is 10.8 Å². The lowest BCUT2D eigenvalue weighted by Gasteiger charge is -2.15. The minimum atomic E-state index is 0.249. The summed E-state index contributed by atoms with van der Waals surface area (Å²) in [5, 5.41) is 10.6. The van der Waals surface area contributed by atoms with E-state index in [0.29, 0.717) is 17.3 Å². The number of phenolic OH excluding ortho intramolecular Hbond substituents is 1. The van der Waals surface area contributed by atoms with Crippen LogP contribution in [0.5, 0.6) is 5.75 Å². The summed E-state index contributed by atoms with van der Waals surface area (Å²) in [4.78, 5) is 0. The molecular formula is C11H16ClNO. The summed E-state index contributed by atoms with van der Waals surface area (Å²) in [5.74, 6) is 0.544. The molecule has 0 aliphatic carbocycles. The highest BCUT2D eigenvalue weighted by Gasteiger charge is 2.14. The maximum atomic E-state index is 9.93. The fourth-order valence-corrected chi connectivity index (χ4v) is 1.73. The molecule has 0 bridgehead atoms. The zero-order valence-electron chi connectivity index (χ0n) is 8.76. The van der Waals surface area contributed by atoms with Crippen molar-refractivity contribution in [2.75, 3.05) is 0 Å². The van der Waals surface area contributed by atoms with E-state index >= 15 is 0 Å². The van der Waals surface area contributed by atoms with Crippen molar-refractivity contribution >= 4 is 11.6 Å². The fraction of sp³-hybridized carbons (Fsp3) is 0.455. The first kappa shape index (κ1) is 11.3. The van der Waals surface area contributed by atoms with Crippen LogP contribution in [0.3, 0.4) is 0 Å². The van der Waals surface area contributed by atoms with Gasteiger partial charge in [-0.1, -0.05) is 25.4 Å². The van der Waals surface area contributed by atoms with Gasteiger partial charge in [0.05, 0.1) is 0 Å². The van der Waals surface area contributed by atoms with Gasteiger partial charge in [0, 0.05) is 17.1 Å². The van der Waals surface area contributed by atoms with E-state index in [1.54, 1.807) is 0 Å². The molecule has 1 rings (SSSR count). The molecule has 0 fully saturated rings. The van der Waals surface area contributed by atoms with E-state index in [4.69, 9.17) is 17.3 Å². The molecule has 1 aromatic rings. The lowest BCUT2D eigenvalue weighted by molar-refractivity contribution is 0.457. The summed E-state index contributed by atoms with van der Waals surface area (Å²) in [6.07, 6.45) is 0. The van der Waals surface area contributed by atoms with E-state index in [1.165, 1.54) is 0 Å². The molecule has 0 spiro atoms. The monoisotopic (exact) mass is 213 g/mol. The number of benzene rings is 1. The molecule has 3 heteroatoms. The summed E-state index contributed by atoms with van der Waals surface area (Å²) in [5.41, 5.74) is 8.06. The first-order chi connectivity index (χ1) is 6.49. The van der Waals surface area contributed by atoms with Crippen molar-refractivity contribution in [3.63, 3.8) is 0 Å². The molecule has 2 nitrogen and oxygen atoms in total. The predicted octanol–water partition coefficient (Wildman–Crippen LogP) is 2.94. The molecule has 0 radical (unpaired) electrons. The Morgan fingerprint density at radius 3 is 2.50 bits per heavy atom. The number of nitrogens with two attached hydrogens (primary N) is 1. The third-order valence-electron chi connectivity index (χ3n) is 2.48. The van der Waals surface area contributed by atoms with Crippen LogP contribution in [-0.2, 0) is 6.54 Å². The van der Waals surface area contributed by atoms with Crippen LogP contribution in [0.1, 0.15) is 36.5 Å². The topological polar surface area (TPSA) is 46.2 Å². The zero-order chi connectivity index (χ0) is 10.9. The number of hydrogen-bond donors (Lipinski definition) is 2. The Morgan fingerprint density at radius 1 is 1.50 bits per heavy atom. The lowest BCUT2D eigenvalue weighted by Crippen LogP contribution is -2.03. The van der Waals surface area contributed by atoms with Gasteiger partial charge >= 0.3 is 0 Å². The van der Waals surface area contributed by atoms with Crippen molar-refractivity contribution in [2.24, 2.45) is 5.73 Å². The van der Waals surface area contributed by atoms with Crippen molar-refractivity contribution < 1.29 is 5.11 Å². The Bertz CT molecular complexity index is 348. The highest BCUT2D eigenvalue weighted by molar-refractivity contribution is 6.31. The van der Waals surface area contributed by atoms with Crippen LogP contribution in [0, 0.1) is 6.92 Å². The van der Waals surface area contributed by atoms with E-state index in [1.807, 2.05) is 26.8 Å². The number of rotatable bonds is 2. The summed E-state index contributed by atoms with van der Waals surface area (Å²) in [6.45, 7) is 6.22. The van der Waals surface area contributed by atoms with Crippen LogP contribution < -0.4 is 5.73 Å². The van der Waals surface area contributed by atoms with Crippen molar-refractivity contribution in [1.29, 1.82) is 0 Å². The Kier molecular flexibility index (Phi) is 3.40. The van der Waals surface area contributed by atoms with E-state index < -0.39 is 0 Å². The molecule has 0 amide bonds. The van der Waals surface area contributed by atoms with Crippen LogP contribution >= 0.6 is 11.6 Å². The van der Waals surface area contributed by atoms with Gasteiger partial charge in [-0.15, -0.1) is 0 Å². The van der Waals surface area contributed by atoms with Crippen LogP contribution in [0.15, 0.2) is 6.07 Å². The highest BCUT2D eigenvalue weighted by Crippen LogP contribution is 2.35. The van der Waals surface area contributed by atoms with Gasteiger partial charge in [0.1, 0.15) is 5.75 Å². The van der Waals surface area contributed by atoms with Gasteiger partial charge in [-0.2, -0.15) is 0 Å². The van der Waals surface area contributed by atoms with Gasteiger partial charge in [-0.3, -0.25) is 0 Å². The average molecular weight is 214 g/mol. The number of phenols is 1. The quantitative estimate of drug-likeness (QED) is 0.794. The molecule has 0 heterocycles. The standard InChI is InChI=1S/C11H16ClNO/c1-6(2)8-4-10(12)7(3)9(5-13)11(8)14/h4,6,14H,5,13H2,1-3H3. The maximum Gasteiger partial charge on any atom is 0.123 e. The number of aromatic hydroxyl groups is 1. The second-order valence-corrected chi connectivity index (χ2v) is 4.17. The van der Waals surface area contributed by atoms with Gasteiger partial charge in [0.25, 0.3) is 0 Å². The van der Waals surface area contributed by atoms with Gasteiger partial charge in [-0.25, -0.2) is 0 Å². The smallest absolute Gasteiger partial charge is 0.123 e. The molecule has 0 saturated heterocycles. The van der Waals surface area contributed by atoms with E-state index in [-0.39, 0.29) is 5.92 Å². The normalized spacial score (nSPS) is 11.0. The Hall–Kier alpha value is -0.730. The molecule has 0 unspecified atom stereocenters. The maximum absolute atomic E-state index is 9.93. The summed E-state index contributed by atoms with van der Waals surface area (Å²) in [6, 6.07) is 1.82. The molecular weight excluding hydrogens is 198 g/mol. The Labute approximate surface area is 89.7 Å². The second-order valence-electron chi connectivity index (χ2n) is 3.76. The SMILES string of the molecule is Cc1c(Cl)cc(C(C)C)c(O)c1CN. The molecule has 3 N–H and O–H groups in total. The average Bonchev–Trinajstić information content (AvgIpc) is 2.12. The first-order valence-corrected chi connectivity index (χ1v) is 5.07. The van der Waals surface area contributed by atoms with Crippen molar-refractivity contribution in [3.05, 3.63) is 27.8 Å². The molecule has 0 aliphatic rings. The summed E-state index contributed by atoms with van der Waals surface area (Å²) >= 11 is 6.05. The Morgan fingerprint density at radius 2 is 2.07 bits per heavy atom. The predicted molar refractivity (Wildman–Crippen MR) is 59.8 cm³/mol. The van der Waals surface area contributed by atoms with Crippen LogP contribution in [0.4, 0.5) is 0 Å². The minimum absolute atomic E-state index is 0.249. The second kappa shape index (κ2) is 4.20. The minimum Gasteiger partial charge on any atom is -0.507 e. The summed E-state index contributed by atoms with van der Waals surface area (Å²) < 4.78 is 0. The molecule has 78 valence electrons. The van der Waals surface area contributed by atoms with Gasteiger partial charge in [0.15, 0.2) is 0 Å². The Balaban J connectivity index is 3.42. The van der Waals surface area contributed by atoms with Crippen LogP contribution in [0.2, 0.25) is 5.02 Å². The van der Waals surface area contributed by atoms with Crippen LogP contribution in [0.25, 0.3) is 0 Å². The highest BCUT2D eigenvalue weighted by atomic mass is 35.5.